The van der Waals surface area contributed by atoms with Crippen LogP contribution in [0.5, 0.6) is 0 Å². The molecule has 0 radical (unpaired) electrons. The van der Waals surface area contributed by atoms with Gasteiger partial charge in [-0.05, 0) is 21.9 Å². The molecule has 0 amide bonds. The molecule has 0 saturated carbocycles. The molecule has 100 valence electrons. The lowest BCUT2D eigenvalue weighted by atomic mass is 10.1. The zero-order valence-corrected chi connectivity index (χ0v) is 12.1. The van der Waals surface area contributed by atoms with Gasteiger partial charge in [0, 0.05) is 11.6 Å². The maximum atomic E-state index is 4.77. The fourth-order valence-corrected chi connectivity index (χ4v) is 3.32. The van der Waals surface area contributed by atoms with Gasteiger partial charge in [0.25, 0.3) is 0 Å². The van der Waals surface area contributed by atoms with Gasteiger partial charge >= 0.3 is 4.96 Å². The summed E-state index contributed by atoms with van der Waals surface area (Å²) in [5.74, 6) is 0. The molecule has 0 aliphatic carbocycles. The van der Waals surface area contributed by atoms with E-state index in [2.05, 4.69) is 59.3 Å². The number of thiazole rings is 1. The summed E-state index contributed by atoms with van der Waals surface area (Å²) in [6.07, 6.45) is 4.21. The van der Waals surface area contributed by atoms with Crippen LogP contribution in [-0.4, -0.2) is 4.98 Å². The van der Waals surface area contributed by atoms with Crippen molar-refractivity contribution in [3.05, 3.63) is 79.1 Å². The van der Waals surface area contributed by atoms with Crippen LogP contribution in [0.2, 0.25) is 0 Å². The maximum Gasteiger partial charge on any atom is 0.388 e. The number of hydrogen-bond acceptors (Lipinski definition) is 2. The molecule has 0 atom stereocenters. The van der Waals surface area contributed by atoms with E-state index in [4.69, 9.17) is 4.98 Å². The minimum atomic E-state index is 1.01. The largest absolute Gasteiger partial charge is 0.388 e. The third-order valence-electron chi connectivity index (χ3n) is 3.42. The Hall–Kier alpha value is -2.52. The van der Waals surface area contributed by atoms with Crippen molar-refractivity contribution in [3.8, 4) is 21.7 Å². The second-order valence-corrected chi connectivity index (χ2v) is 5.84. The zero-order valence-electron chi connectivity index (χ0n) is 11.3. The highest BCUT2D eigenvalue weighted by Crippen LogP contribution is 2.25. The molecule has 0 N–H and O–H groups in total. The second kappa shape index (κ2) is 5.11. The summed E-state index contributed by atoms with van der Waals surface area (Å²) in [6, 6.07) is 22.8. The molecular formula is C18H13N2S+. The lowest BCUT2D eigenvalue weighted by Crippen LogP contribution is -2.17. The Kier molecular flexibility index (Phi) is 2.98. The third-order valence-corrected chi connectivity index (χ3v) is 4.46. The summed E-state index contributed by atoms with van der Waals surface area (Å²) in [4.78, 5) is 7.01. The van der Waals surface area contributed by atoms with Crippen LogP contribution in [0.3, 0.4) is 0 Å². The third kappa shape index (κ3) is 2.32. The molecule has 0 unspecified atom stereocenters. The van der Waals surface area contributed by atoms with Crippen LogP contribution >= 0.6 is 11.3 Å². The predicted octanol–water partition coefficient (Wildman–Crippen LogP) is 4.22. The van der Waals surface area contributed by atoms with E-state index < -0.39 is 0 Å². The van der Waals surface area contributed by atoms with Crippen LogP contribution in [0, 0.1) is 0 Å². The SMILES string of the molecule is c1ccc(-c2cc[n+]3cc(-c4ccccc4)sc3n2)cc1. The predicted molar refractivity (Wildman–Crippen MR) is 86.1 cm³/mol. The number of rotatable bonds is 2. The Morgan fingerprint density at radius 2 is 1.43 bits per heavy atom. The Balaban J connectivity index is 1.82. The lowest BCUT2D eigenvalue weighted by molar-refractivity contribution is -0.509. The van der Waals surface area contributed by atoms with Crippen molar-refractivity contribution >= 4 is 16.3 Å². The molecule has 0 spiro atoms. The van der Waals surface area contributed by atoms with Gasteiger partial charge in [-0.2, -0.15) is 4.40 Å². The van der Waals surface area contributed by atoms with Crippen LogP contribution in [0.15, 0.2) is 79.1 Å². The molecule has 2 nitrogen and oxygen atoms in total. The fourth-order valence-electron chi connectivity index (χ4n) is 2.34. The van der Waals surface area contributed by atoms with E-state index in [1.807, 2.05) is 24.3 Å². The molecule has 0 saturated heterocycles. The van der Waals surface area contributed by atoms with Crippen molar-refractivity contribution in [1.82, 2.24) is 4.98 Å². The van der Waals surface area contributed by atoms with Crippen molar-refractivity contribution in [2.24, 2.45) is 0 Å². The van der Waals surface area contributed by atoms with E-state index in [0.29, 0.717) is 0 Å². The first-order valence-corrected chi connectivity index (χ1v) is 7.64. The first kappa shape index (κ1) is 12.2. The highest BCUT2D eigenvalue weighted by Gasteiger charge is 2.14. The Bertz CT molecular complexity index is 845. The van der Waals surface area contributed by atoms with E-state index in [1.165, 1.54) is 10.4 Å². The van der Waals surface area contributed by atoms with Gasteiger partial charge in [-0.1, -0.05) is 60.7 Å². The van der Waals surface area contributed by atoms with Crippen LogP contribution in [0.25, 0.3) is 26.7 Å². The van der Waals surface area contributed by atoms with E-state index in [-0.39, 0.29) is 0 Å². The average molecular weight is 289 g/mol. The van der Waals surface area contributed by atoms with E-state index in [9.17, 15) is 0 Å². The fraction of sp³-hybridized carbons (Fsp3) is 0. The molecule has 4 aromatic rings. The molecule has 0 aliphatic heterocycles. The molecule has 2 aromatic heterocycles. The molecule has 3 heteroatoms. The van der Waals surface area contributed by atoms with E-state index >= 15 is 0 Å². The average Bonchev–Trinajstić information content (AvgIpc) is 2.99. The van der Waals surface area contributed by atoms with Crippen molar-refractivity contribution in [1.29, 1.82) is 0 Å². The molecule has 2 aromatic carbocycles. The van der Waals surface area contributed by atoms with Gasteiger partial charge in [0.1, 0.15) is 12.4 Å². The number of hydrogen-bond donors (Lipinski definition) is 0. The molecule has 0 bridgehead atoms. The first-order chi connectivity index (χ1) is 10.4. The number of nitrogens with zero attached hydrogens (tertiary/aromatic N) is 2. The van der Waals surface area contributed by atoms with Gasteiger partial charge in [0.05, 0.1) is 4.88 Å². The van der Waals surface area contributed by atoms with E-state index in [1.54, 1.807) is 11.3 Å². The Morgan fingerprint density at radius 1 is 0.762 bits per heavy atom. The van der Waals surface area contributed by atoms with Crippen molar-refractivity contribution in [2.75, 3.05) is 0 Å². The van der Waals surface area contributed by atoms with Crippen LogP contribution < -0.4 is 4.40 Å². The molecule has 0 aliphatic rings. The summed E-state index contributed by atoms with van der Waals surface area (Å²) in [7, 11) is 0. The molecule has 21 heavy (non-hydrogen) atoms. The second-order valence-electron chi connectivity index (χ2n) is 4.83. The van der Waals surface area contributed by atoms with Gasteiger partial charge < -0.3 is 0 Å². The minimum absolute atomic E-state index is 1.01. The van der Waals surface area contributed by atoms with Crippen LogP contribution in [0.1, 0.15) is 0 Å². The van der Waals surface area contributed by atoms with Gasteiger partial charge in [0.2, 0.25) is 0 Å². The van der Waals surface area contributed by atoms with Gasteiger partial charge in [-0.3, -0.25) is 0 Å². The van der Waals surface area contributed by atoms with E-state index in [0.717, 1.165) is 16.2 Å². The zero-order chi connectivity index (χ0) is 14.1. The van der Waals surface area contributed by atoms with Crippen LogP contribution in [-0.2, 0) is 0 Å². The molecule has 2 heterocycles. The van der Waals surface area contributed by atoms with Crippen molar-refractivity contribution < 1.29 is 4.40 Å². The standard InChI is InChI=1S/C18H13N2S/c1-3-7-14(8-4-1)16-11-12-20-13-17(21-18(20)19-16)15-9-5-2-6-10-15/h1-13H/q+1. The number of fused-ring (bicyclic) bond motifs is 1. The molecular weight excluding hydrogens is 276 g/mol. The highest BCUT2D eigenvalue weighted by atomic mass is 32.1. The minimum Gasteiger partial charge on any atom is -0.192 e. The van der Waals surface area contributed by atoms with Crippen molar-refractivity contribution in [2.45, 2.75) is 0 Å². The van der Waals surface area contributed by atoms with Crippen molar-refractivity contribution in [3.63, 3.8) is 0 Å². The monoisotopic (exact) mass is 289 g/mol. The Morgan fingerprint density at radius 3 is 2.14 bits per heavy atom. The summed E-state index contributed by atoms with van der Waals surface area (Å²) in [5, 5.41) is 0. The van der Waals surface area contributed by atoms with Gasteiger partial charge in [-0.15, -0.1) is 0 Å². The summed E-state index contributed by atoms with van der Waals surface area (Å²) in [5.41, 5.74) is 3.39. The van der Waals surface area contributed by atoms with Crippen LogP contribution in [0.4, 0.5) is 0 Å². The summed E-state index contributed by atoms with van der Waals surface area (Å²) >= 11 is 1.71. The maximum absolute atomic E-state index is 4.77. The van der Waals surface area contributed by atoms with Gasteiger partial charge in [-0.25, -0.2) is 0 Å². The number of benzene rings is 2. The summed E-state index contributed by atoms with van der Waals surface area (Å²) < 4.78 is 2.08. The normalized spacial score (nSPS) is 10.9. The quantitative estimate of drug-likeness (QED) is 0.505. The van der Waals surface area contributed by atoms with Gasteiger partial charge in [0.15, 0.2) is 5.69 Å². The lowest BCUT2D eigenvalue weighted by Gasteiger charge is -1.93. The topological polar surface area (TPSA) is 17.0 Å². The smallest absolute Gasteiger partial charge is 0.192 e. The molecule has 0 fully saturated rings. The highest BCUT2D eigenvalue weighted by molar-refractivity contribution is 7.19. The first-order valence-electron chi connectivity index (χ1n) is 6.83. The Labute approximate surface area is 127 Å². The number of aromatic nitrogens is 2. The molecule has 4 rings (SSSR count). The summed E-state index contributed by atoms with van der Waals surface area (Å²) in [6.45, 7) is 0.